The van der Waals surface area contributed by atoms with Crippen LogP contribution in [0.4, 0.5) is 5.13 Å². The van der Waals surface area contributed by atoms with Crippen LogP contribution in [-0.2, 0) is 44.3 Å². The van der Waals surface area contributed by atoms with E-state index in [0.29, 0.717) is 0 Å². The molecule has 0 aromatic carbocycles. The van der Waals surface area contributed by atoms with Crippen LogP contribution < -0.4 is 16.4 Å². The van der Waals surface area contributed by atoms with Crippen molar-refractivity contribution in [3.8, 4) is 0 Å². The van der Waals surface area contributed by atoms with E-state index in [1.165, 1.54) is 12.4 Å². The van der Waals surface area contributed by atoms with Gasteiger partial charge in [-0.15, -0.1) is 11.3 Å². The number of hydrogen-bond donors (Lipinski definition) is 4. The minimum absolute atomic E-state index is 0.00269. The molecule has 0 spiro atoms. The summed E-state index contributed by atoms with van der Waals surface area (Å²) in [5.74, 6) is -5.96. The van der Waals surface area contributed by atoms with E-state index in [9.17, 15) is 33.3 Å². The Morgan fingerprint density at radius 1 is 1.47 bits per heavy atom. The van der Waals surface area contributed by atoms with Crippen molar-refractivity contribution in [3.05, 3.63) is 11.1 Å². The zero-order chi connectivity index (χ0) is 24.8. The number of carbonyl (C=O) groups is 5. The fourth-order valence-electron chi connectivity index (χ4n) is 3.93. The third kappa shape index (κ3) is 3.65. The molecule has 3 fully saturated rings. The Bertz CT molecular complexity index is 1150. The van der Waals surface area contributed by atoms with Crippen molar-refractivity contribution in [3.63, 3.8) is 0 Å². The number of anilines is 1. The van der Waals surface area contributed by atoms with Gasteiger partial charge < -0.3 is 31.0 Å². The number of thiazole rings is 1. The number of rotatable bonds is 7. The zero-order valence-corrected chi connectivity index (χ0v) is 19.0. The number of aromatic nitrogens is 1. The Balaban J connectivity index is 1.57. The topological polar surface area (TPSA) is 220 Å². The van der Waals surface area contributed by atoms with Crippen LogP contribution in [0.3, 0.4) is 0 Å². The molecule has 15 nitrogen and oxygen atoms in total. The highest BCUT2D eigenvalue weighted by Crippen LogP contribution is 2.47. The molecule has 0 bridgehead atoms. The number of amides is 3. The van der Waals surface area contributed by atoms with Gasteiger partial charge >= 0.3 is 11.9 Å². The Kier molecular flexibility index (Phi) is 5.98. The quantitative estimate of drug-likeness (QED) is 0.124. The summed E-state index contributed by atoms with van der Waals surface area (Å²) in [6.45, 7) is -0.510. The Hall–Kier alpha value is -3.60. The van der Waals surface area contributed by atoms with E-state index in [2.05, 4.69) is 20.8 Å². The summed E-state index contributed by atoms with van der Waals surface area (Å²) in [6, 6.07) is -1.38. The van der Waals surface area contributed by atoms with Crippen LogP contribution in [-0.4, -0.2) is 91.1 Å². The monoisotopic (exact) mass is 514 g/mol. The lowest BCUT2D eigenvalue weighted by molar-refractivity contribution is -0.216. The van der Waals surface area contributed by atoms with Crippen molar-refractivity contribution in [2.75, 3.05) is 25.1 Å². The molecule has 3 saturated heterocycles. The number of esters is 1. The second-order valence-corrected chi connectivity index (χ2v) is 9.90. The van der Waals surface area contributed by atoms with Gasteiger partial charge in [-0.2, -0.15) is 0 Å². The number of hydrogen-bond acceptors (Lipinski definition) is 12. The molecule has 34 heavy (non-hydrogen) atoms. The number of nitrogens with zero attached hydrogens (tertiary/aromatic N) is 3. The van der Waals surface area contributed by atoms with Crippen LogP contribution in [0, 0.1) is 5.92 Å². The van der Waals surface area contributed by atoms with Gasteiger partial charge in [-0.1, -0.05) is 5.16 Å². The second kappa shape index (κ2) is 8.64. The predicted molar refractivity (Wildman–Crippen MR) is 113 cm³/mol. The number of carboxylic acids is 1. The minimum atomic E-state index is -2.27. The predicted octanol–water partition coefficient (Wildman–Crippen LogP) is -3.05. The first kappa shape index (κ1) is 23.6. The highest BCUT2D eigenvalue weighted by atomic mass is 32.2. The number of nitrogens with one attached hydrogen (secondary N) is 2. The first-order chi connectivity index (χ1) is 16.1. The van der Waals surface area contributed by atoms with Crippen molar-refractivity contribution < 1.29 is 42.9 Å². The van der Waals surface area contributed by atoms with Crippen molar-refractivity contribution in [2.24, 2.45) is 11.1 Å². The Morgan fingerprint density at radius 2 is 2.21 bits per heavy atom. The average Bonchev–Trinajstić information content (AvgIpc) is 3.35. The highest BCUT2D eigenvalue weighted by Gasteiger charge is 2.73. The van der Waals surface area contributed by atoms with Crippen molar-refractivity contribution >= 4 is 62.6 Å². The van der Waals surface area contributed by atoms with E-state index in [-0.39, 0.29) is 23.0 Å². The summed E-state index contributed by atoms with van der Waals surface area (Å²) >= 11 is 0.999. The molecule has 5 N–H and O–H groups in total. The van der Waals surface area contributed by atoms with Gasteiger partial charge in [-0.05, 0) is 0 Å². The third-order valence-electron chi connectivity index (χ3n) is 5.47. The summed E-state index contributed by atoms with van der Waals surface area (Å²) in [5, 5.41) is 18.3. The van der Waals surface area contributed by atoms with Crippen molar-refractivity contribution in [2.45, 2.75) is 23.6 Å². The van der Waals surface area contributed by atoms with E-state index in [4.69, 9.17) is 15.3 Å². The van der Waals surface area contributed by atoms with E-state index >= 15 is 0 Å². The molecule has 1 aromatic rings. The van der Waals surface area contributed by atoms with Gasteiger partial charge in [0, 0.05) is 29.0 Å². The van der Waals surface area contributed by atoms with Crippen LogP contribution in [0.5, 0.6) is 0 Å². The number of carboxylic acid groups (broad SMARTS) is 1. The molecule has 3 aliphatic rings. The summed E-state index contributed by atoms with van der Waals surface area (Å²) in [6.07, 6.45) is -0.295. The minimum Gasteiger partial charge on any atom is -0.477 e. The first-order valence-corrected chi connectivity index (χ1v) is 11.9. The maximum absolute atomic E-state index is 13.0. The summed E-state index contributed by atoms with van der Waals surface area (Å²) in [7, 11) is -0.419. The SMILES string of the molecule is CNC(=O)CO/N=C(\C(=O)NC1C(=O)N2C1S(=O)CC1CC(=O)OC12C(=O)O)c1csc(N)n1. The van der Waals surface area contributed by atoms with Crippen LogP contribution >= 0.6 is 11.3 Å². The molecule has 3 aliphatic heterocycles. The maximum Gasteiger partial charge on any atom is 0.370 e. The number of aliphatic carboxylic acids is 1. The zero-order valence-electron chi connectivity index (χ0n) is 17.4. The fourth-order valence-corrected chi connectivity index (χ4v) is 6.40. The second-order valence-electron chi connectivity index (χ2n) is 7.43. The number of nitrogen functional groups attached to an aromatic ring is 1. The number of β-lactam (4-membered cyclic amide) rings is 1. The van der Waals surface area contributed by atoms with Crippen molar-refractivity contribution in [1.82, 2.24) is 20.5 Å². The molecule has 4 heterocycles. The van der Waals surface area contributed by atoms with Crippen LogP contribution in [0.25, 0.3) is 0 Å². The molecular formula is C17H18N6O9S2. The van der Waals surface area contributed by atoms with Gasteiger partial charge in [-0.3, -0.25) is 28.3 Å². The van der Waals surface area contributed by atoms with Gasteiger partial charge in [0.25, 0.3) is 23.4 Å². The largest absolute Gasteiger partial charge is 0.477 e. The molecule has 1 aromatic heterocycles. The van der Waals surface area contributed by atoms with Gasteiger partial charge in [-0.25, -0.2) is 9.78 Å². The summed E-state index contributed by atoms with van der Waals surface area (Å²) in [4.78, 5) is 70.6. The van der Waals surface area contributed by atoms with E-state index < -0.39 is 75.8 Å². The molecule has 5 unspecified atom stereocenters. The third-order valence-corrected chi connectivity index (χ3v) is 7.90. The lowest BCUT2D eigenvalue weighted by atomic mass is 9.89. The average molecular weight is 514 g/mol. The van der Waals surface area contributed by atoms with Gasteiger partial charge in [0.1, 0.15) is 17.1 Å². The molecule has 0 aliphatic carbocycles. The summed E-state index contributed by atoms with van der Waals surface area (Å²) < 4.78 is 17.9. The van der Waals surface area contributed by atoms with Crippen LogP contribution in [0.2, 0.25) is 0 Å². The number of ether oxygens (including phenoxy) is 1. The van der Waals surface area contributed by atoms with Crippen LogP contribution in [0.15, 0.2) is 10.5 Å². The summed E-state index contributed by atoms with van der Waals surface area (Å²) in [5.41, 5.74) is 2.91. The van der Waals surface area contributed by atoms with E-state index in [1.807, 2.05) is 0 Å². The molecule has 0 radical (unpaired) electrons. The van der Waals surface area contributed by atoms with Gasteiger partial charge in [0.2, 0.25) is 0 Å². The van der Waals surface area contributed by atoms with Gasteiger partial charge in [0.15, 0.2) is 17.5 Å². The number of oxime groups is 1. The molecule has 17 heteroatoms. The molecule has 3 amide bonds. The molecule has 0 saturated carbocycles. The Labute approximate surface area is 197 Å². The number of nitrogens with two attached hydrogens (primary N) is 1. The molecular weight excluding hydrogens is 496 g/mol. The lowest BCUT2D eigenvalue weighted by Gasteiger charge is -2.56. The molecule has 182 valence electrons. The smallest absolute Gasteiger partial charge is 0.370 e. The standard InChI is InChI=1S/C17H18N6O9S2/c1-19-8(24)3-31-22-10(7-4-33-16(18)20-7)12(26)21-11-13(27)23-14(11)34(30)5-6-2-9(25)32-17(6,23)15(28)29/h4,6,11,14H,2-3,5H2,1H3,(H2,18,20)(H,19,24)(H,21,26)(H,28,29)/b22-10-. The van der Waals surface area contributed by atoms with Gasteiger partial charge in [0.05, 0.1) is 12.3 Å². The number of carbonyl (C=O) groups excluding carboxylic acids is 4. The van der Waals surface area contributed by atoms with Crippen molar-refractivity contribution in [1.29, 1.82) is 0 Å². The van der Waals surface area contributed by atoms with E-state index in [0.717, 1.165) is 16.2 Å². The Morgan fingerprint density at radius 3 is 2.82 bits per heavy atom. The maximum atomic E-state index is 13.0. The lowest BCUT2D eigenvalue weighted by Crippen LogP contribution is -2.83. The number of likely N-dealkylation sites (N-methyl/N-ethyl adjacent to an activating group) is 1. The normalized spacial score (nSPS) is 29.9. The molecule has 4 rings (SSSR count). The first-order valence-electron chi connectivity index (χ1n) is 9.68. The van der Waals surface area contributed by atoms with Crippen LogP contribution in [0.1, 0.15) is 12.1 Å². The fraction of sp³-hybridized carbons (Fsp3) is 0.471. The number of fused-ring (bicyclic) bond motifs is 3. The molecule has 5 atom stereocenters. The highest BCUT2D eigenvalue weighted by molar-refractivity contribution is 7.85. The van der Waals surface area contributed by atoms with E-state index in [1.54, 1.807) is 0 Å².